The highest BCUT2D eigenvalue weighted by atomic mass is 79.9. The molecule has 0 bridgehead atoms. The monoisotopic (exact) mass is 279 g/mol. The van der Waals surface area contributed by atoms with Gasteiger partial charge >= 0.3 is 0 Å². The van der Waals surface area contributed by atoms with E-state index in [0.717, 1.165) is 21.3 Å². The lowest BCUT2D eigenvalue weighted by molar-refractivity contribution is 0.565. The number of H-pyrrole nitrogens is 1. The maximum Gasteiger partial charge on any atom is 0.124 e. The lowest BCUT2D eigenvalue weighted by Gasteiger charge is -2.07. The van der Waals surface area contributed by atoms with E-state index in [1.165, 1.54) is 12.8 Å². The minimum atomic E-state index is 0.390. The van der Waals surface area contributed by atoms with Crippen LogP contribution in [0.2, 0.25) is 0 Å². The van der Waals surface area contributed by atoms with Crippen LogP contribution in [-0.2, 0) is 0 Å². The summed E-state index contributed by atoms with van der Waals surface area (Å²) in [6, 6.07) is 7.13. The van der Waals surface area contributed by atoms with E-state index < -0.39 is 0 Å². The van der Waals surface area contributed by atoms with Crippen LogP contribution in [0.15, 0.2) is 22.7 Å². The molecule has 2 aromatic rings. The molecule has 2 N–H and O–H groups in total. The van der Waals surface area contributed by atoms with Crippen LogP contribution in [0.3, 0.4) is 0 Å². The van der Waals surface area contributed by atoms with E-state index in [1.807, 2.05) is 12.1 Å². The van der Waals surface area contributed by atoms with E-state index in [1.54, 1.807) is 0 Å². The lowest BCUT2D eigenvalue weighted by Crippen LogP contribution is -2.21. The second-order valence-corrected chi connectivity index (χ2v) is 5.40. The van der Waals surface area contributed by atoms with Crippen molar-refractivity contribution in [3.05, 3.63) is 28.5 Å². The van der Waals surface area contributed by atoms with Crippen molar-refractivity contribution in [1.29, 1.82) is 0 Å². The summed E-state index contributed by atoms with van der Waals surface area (Å²) in [6.45, 7) is 2.22. The third-order valence-electron chi connectivity index (χ3n) is 3.17. The van der Waals surface area contributed by atoms with E-state index in [4.69, 9.17) is 0 Å². The minimum absolute atomic E-state index is 0.390. The summed E-state index contributed by atoms with van der Waals surface area (Å²) in [4.78, 5) is 8.03. The molecule has 1 aromatic carbocycles. The van der Waals surface area contributed by atoms with Crippen molar-refractivity contribution in [2.75, 3.05) is 0 Å². The predicted octanol–water partition coefficient (Wildman–Crippen LogP) is 3.14. The van der Waals surface area contributed by atoms with Crippen LogP contribution in [0.1, 0.15) is 31.6 Å². The van der Waals surface area contributed by atoms with Crippen LogP contribution >= 0.6 is 15.9 Å². The zero-order valence-electron chi connectivity index (χ0n) is 9.13. The number of benzene rings is 1. The Balaban J connectivity index is 1.99. The zero-order chi connectivity index (χ0) is 11.1. The van der Waals surface area contributed by atoms with Gasteiger partial charge in [0.2, 0.25) is 0 Å². The highest BCUT2D eigenvalue weighted by Crippen LogP contribution is 2.26. The van der Waals surface area contributed by atoms with Gasteiger partial charge in [0.1, 0.15) is 5.82 Å². The first kappa shape index (κ1) is 10.3. The third kappa shape index (κ3) is 1.76. The van der Waals surface area contributed by atoms with Gasteiger partial charge in [-0.2, -0.15) is 0 Å². The molecule has 0 saturated carbocycles. The molecule has 1 aliphatic heterocycles. The molecule has 0 aliphatic carbocycles. The van der Waals surface area contributed by atoms with Gasteiger partial charge in [-0.1, -0.05) is 15.9 Å². The van der Waals surface area contributed by atoms with E-state index in [9.17, 15) is 0 Å². The first-order valence-corrected chi connectivity index (χ1v) is 6.43. The number of nitrogens with one attached hydrogen (secondary N) is 2. The molecule has 0 amide bonds. The highest BCUT2D eigenvalue weighted by molar-refractivity contribution is 9.10. The number of imidazole rings is 1. The van der Waals surface area contributed by atoms with Crippen molar-refractivity contribution in [2.24, 2.45) is 0 Å². The number of nitrogens with zero attached hydrogens (tertiary/aromatic N) is 1. The van der Waals surface area contributed by atoms with Crippen LogP contribution in [0.5, 0.6) is 0 Å². The summed E-state index contributed by atoms with van der Waals surface area (Å²) in [6.07, 6.45) is 2.40. The molecule has 1 aliphatic rings. The summed E-state index contributed by atoms with van der Waals surface area (Å²) in [5.74, 6) is 1.07. The average molecular weight is 280 g/mol. The number of rotatable bonds is 1. The molecule has 16 heavy (non-hydrogen) atoms. The molecule has 3 rings (SSSR count). The Kier molecular flexibility index (Phi) is 2.48. The van der Waals surface area contributed by atoms with E-state index in [2.05, 4.69) is 44.2 Å². The fourth-order valence-corrected chi connectivity index (χ4v) is 2.67. The Labute approximate surface area is 103 Å². The number of aromatic amines is 1. The quantitative estimate of drug-likeness (QED) is 0.842. The van der Waals surface area contributed by atoms with Crippen LogP contribution < -0.4 is 5.32 Å². The molecular formula is C12H14BrN3. The summed E-state index contributed by atoms with van der Waals surface area (Å²) in [5.41, 5.74) is 2.14. The van der Waals surface area contributed by atoms with Crippen molar-refractivity contribution in [2.45, 2.75) is 31.8 Å². The molecule has 2 unspecified atom stereocenters. The van der Waals surface area contributed by atoms with Crippen LogP contribution in [0.4, 0.5) is 0 Å². The average Bonchev–Trinajstić information content (AvgIpc) is 2.83. The number of aromatic nitrogens is 2. The SMILES string of the molecule is CC1CCC(c2nc3ccc(Br)cc3[nH]2)N1. The Bertz CT molecular complexity index is 520. The van der Waals surface area contributed by atoms with Crippen molar-refractivity contribution < 1.29 is 0 Å². The van der Waals surface area contributed by atoms with Crippen molar-refractivity contribution in [3.8, 4) is 0 Å². The molecule has 3 nitrogen and oxygen atoms in total. The van der Waals surface area contributed by atoms with Gasteiger partial charge in [0, 0.05) is 10.5 Å². The van der Waals surface area contributed by atoms with Crippen molar-refractivity contribution in [1.82, 2.24) is 15.3 Å². The van der Waals surface area contributed by atoms with Gasteiger partial charge in [0.15, 0.2) is 0 Å². The van der Waals surface area contributed by atoms with E-state index in [-0.39, 0.29) is 0 Å². The Hall–Kier alpha value is -0.870. The van der Waals surface area contributed by atoms with E-state index >= 15 is 0 Å². The number of hydrogen-bond acceptors (Lipinski definition) is 2. The number of fused-ring (bicyclic) bond motifs is 1. The maximum atomic E-state index is 4.63. The smallest absolute Gasteiger partial charge is 0.124 e. The largest absolute Gasteiger partial charge is 0.341 e. The van der Waals surface area contributed by atoms with Gasteiger partial charge < -0.3 is 10.3 Å². The highest BCUT2D eigenvalue weighted by Gasteiger charge is 2.24. The van der Waals surface area contributed by atoms with Crippen LogP contribution in [-0.4, -0.2) is 16.0 Å². The first-order chi connectivity index (χ1) is 7.72. The summed E-state index contributed by atoms with van der Waals surface area (Å²) >= 11 is 3.47. The minimum Gasteiger partial charge on any atom is -0.341 e. The van der Waals surface area contributed by atoms with Gasteiger partial charge in [0.05, 0.1) is 17.1 Å². The molecule has 4 heteroatoms. The number of halogens is 1. The Morgan fingerprint density at radius 1 is 1.38 bits per heavy atom. The molecule has 1 aromatic heterocycles. The second kappa shape index (κ2) is 3.86. The maximum absolute atomic E-state index is 4.63. The third-order valence-corrected chi connectivity index (χ3v) is 3.66. The summed E-state index contributed by atoms with van der Waals surface area (Å²) in [5, 5.41) is 3.54. The standard InChI is InChI=1S/C12H14BrN3/c1-7-2-4-10(14-7)12-15-9-5-3-8(13)6-11(9)16-12/h3,5-7,10,14H,2,4H2,1H3,(H,15,16). The Morgan fingerprint density at radius 3 is 3.00 bits per heavy atom. The normalized spacial score (nSPS) is 25.4. The van der Waals surface area contributed by atoms with Crippen molar-refractivity contribution >= 4 is 27.0 Å². The molecule has 84 valence electrons. The van der Waals surface area contributed by atoms with Gasteiger partial charge in [-0.05, 0) is 38.0 Å². The molecule has 0 spiro atoms. The topological polar surface area (TPSA) is 40.7 Å². The second-order valence-electron chi connectivity index (χ2n) is 4.48. The van der Waals surface area contributed by atoms with Gasteiger partial charge in [-0.15, -0.1) is 0 Å². The zero-order valence-corrected chi connectivity index (χ0v) is 10.7. The molecule has 0 radical (unpaired) electrons. The molecule has 1 saturated heterocycles. The summed E-state index contributed by atoms with van der Waals surface area (Å²) < 4.78 is 1.09. The summed E-state index contributed by atoms with van der Waals surface area (Å²) in [7, 11) is 0. The Morgan fingerprint density at radius 2 is 2.25 bits per heavy atom. The van der Waals surface area contributed by atoms with Crippen LogP contribution in [0, 0.1) is 0 Å². The molecule has 2 atom stereocenters. The fraction of sp³-hybridized carbons (Fsp3) is 0.417. The predicted molar refractivity (Wildman–Crippen MR) is 68.4 cm³/mol. The fourth-order valence-electron chi connectivity index (χ4n) is 2.31. The molecule has 2 heterocycles. The van der Waals surface area contributed by atoms with Crippen LogP contribution in [0.25, 0.3) is 11.0 Å². The van der Waals surface area contributed by atoms with Gasteiger partial charge in [-0.3, -0.25) is 0 Å². The number of hydrogen-bond donors (Lipinski definition) is 2. The van der Waals surface area contributed by atoms with E-state index in [0.29, 0.717) is 12.1 Å². The van der Waals surface area contributed by atoms with Gasteiger partial charge in [0.25, 0.3) is 0 Å². The first-order valence-electron chi connectivity index (χ1n) is 5.63. The lowest BCUT2D eigenvalue weighted by atomic mass is 10.2. The van der Waals surface area contributed by atoms with Crippen molar-refractivity contribution in [3.63, 3.8) is 0 Å². The molecule has 1 fully saturated rings. The van der Waals surface area contributed by atoms with Gasteiger partial charge in [-0.25, -0.2) is 4.98 Å². The molecular weight excluding hydrogens is 266 g/mol.